The first-order chi connectivity index (χ1) is 9.71. The van der Waals surface area contributed by atoms with Gasteiger partial charge in [0.1, 0.15) is 18.2 Å². The molecule has 1 fully saturated rings. The molecule has 1 aromatic rings. The zero-order valence-corrected chi connectivity index (χ0v) is 14.6. The van der Waals surface area contributed by atoms with Crippen LogP contribution in [0.4, 0.5) is 4.39 Å². The SMILES string of the molecule is COc1cc([C@H](CF)N2CCNCC2)c(OC)cc1Br.Cl. The molecule has 1 N–H and O–H groups in total. The number of nitrogens with zero attached hydrogens (tertiary/aromatic N) is 1. The maximum atomic E-state index is 13.6. The van der Waals surface area contributed by atoms with Crippen molar-refractivity contribution in [3.63, 3.8) is 0 Å². The van der Waals surface area contributed by atoms with Gasteiger partial charge in [0.2, 0.25) is 0 Å². The summed E-state index contributed by atoms with van der Waals surface area (Å²) < 4.78 is 25.1. The van der Waals surface area contributed by atoms with Gasteiger partial charge >= 0.3 is 0 Å². The van der Waals surface area contributed by atoms with Gasteiger partial charge in [0.15, 0.2) is 0 Å². The summed E-state index contributed by atoms with van der Waals surface area (Å²) in [6.45, 7) is 2.98. The highest BCUT2D eigenvalue weighted by atomic mass is 79.9. The smallest absolute Gasteiger partial charge is 0.133 e. The van der Waals surface area contributed by atoms with Crippen molar-refractivity contribution in [1.29, 1.82) is 0 Å². The number of piperazine rings is 1. The van der Waals surface area contributed by atoms with Gasteiger partial charge in [-0.05, 0) is 28.1 Å². The first kappa shape index (κ1) is 18.5. The lowest BCUT2D eigenvalue weighted by molar-refractivity contribution is 0.145. The van der Waals surface area contributed by atoms with Crippen LogP contribution in [0.15, 0.2) is 16.6 Å². The Labute approximate surface area is 139 Å². The number of methoxy groups -OCH3 is 2. The third kappa shape index (κ3) is 4.22. The Morgan fingerprint density at radius 3 is 2.38 bits per heavy atom. The molecular formula is C14H21BrClFN2O2. The zero-order valence-electron chi connectivity index (χ0n) is 12.2. The van der Waals surface area contributed by atoms with E-state index in [0.717, 1.165) is 36.2 Å². The van der Waals surface area contributed by atoms with E-state index in [9.17, 15) is 4.39 Å². The van der Waals surface area contributed by atoms with E-state index in [4.69, 9.17) is 9.47 Å². The standard InChI is InChI=1S/C14H20BrFN2O2.ClH/c1-19-13-8-11(15)14(20-2)7-10(13)12(9-16)18-5-3-17-4-6-18;/h7-8,12,17H,3-6,9H2,1-2H3;1H/t12-;/m0./s1. The number of nitrogens with one attached hydrogen (secondary N) is 1. The Kier molecular flexibility index (Phi) is 7.73. The molecule has 0 bridgehead atoms. The molecule has 0 radical (unpaired) electrons. The molecule has 1 aromatic carbocycles. The van der Waals surface area contributed by atoms with Gasteiger partial charge in [-0.3, -0.25) is 4.90 Å². The van der Waals surface area contributed by atoms with Gasteiger partial charge in [-0.15, -0.1) is 12.4 Å². The van der Waals surface area contributed by atoms with Crippen molar-refractivity contribution in [2.45, 2.75) is 6.04 Å². The first-order valence-electron chi connectivity index (χ1n) is 6.63. The maximum Gasteiger partial charge on any atom is 0.133 e. The molecule has 1 aliphatic rings. The molecular weight excluding hydrogens is 363 g/mol. The minimum absolute atomic E-state index is 0. The van der Waals surface area contributed by atoms with Crippen LogP contribution < -0.4 is 14.8 Å². The van der Waals surface area contributed by atoms with Crippen LogP contribution in [0.1, 0.15) is 11.6 Å². The first-order valence-corrected chi connectivity index (χ1v) is 7.42. The molecule has 21 heavy (non-hydrogen) atoms. The number of ether oxygens (including phenoxy) is 2. The molecule has 1 saturated heterocycles. The minimum Gasteiger partial charge on any atom is -0.496 e. The van der Waals surface area contributed by atoms with Gasteiger partial charge in [-0.25, -0.2) is 4.39 Å². The zero-order chi connectivity index (χ0) is 14.5. The van der Waals surface area contributed by atoms with E-state index in [1.54, 1.807) is 14.2 Å². The van der Waals surface area contributed by atoms with E-state index < -0.39 is 6.67 Å². The molecule has 1 heterocycles. The summed E-state index contributed by atoms with van der Waals surface area (Å²) >= 11 is 3.43. The fourth-order valence-corrected chi connectivity index (χ4v) is 3.00. The van der Waals surface area contributed by atoms with E-state index in [1.807, 2.05) is 12.1 Å². The molecule has 0 saturated carbocycles. The molecule has 0 unspecified atom stereocenters. The van der Waals surface area contributed by atoms with Crippen LogP contribution in [0.5, 0.6) is 11.5 Å². The van der Waals surface area contributed by atoms with Crippen LogP contribution in [0.25, 0.3) is 0 Å². The van der Waals surface area contributed by atoms with Crippen molar-refractivity contribution < 1.29 is 13.9 Å². The van der Waals surface area contributed by atoms with Crippen LogP contribution in [-0.4, -0.2) is 52.0 Å². The van der Waals surface area contributed by atoms with Crippen LogP contribution >= 0.6 is 28.3 Å². The van der Waals surface area contributed by atoms with Crippen LogP contribution in [-0.2, 0) is 0 Å². The monoisotopic (exact) mass is 382 g/mol. The van der Waals surface area contributed by atoms with Crippen LogP contribution in [0, 0.1) is 0 Å². The van der Waals surface area contributed by atoms with Gasteiger partial charge in [0.25, 0.3) is 0 Å². The Morgan fingerprint density at radius 2 is 1.86 bits per heavy atom. The average molecular weight is 384 g/mol. The van der Waals surface area contributed by atoms with E-state index in [0.29, 0.717) is 11.5 Å². The van der Waals surface area contributed by atoms with E-state index >= 15 is 0 Å². The average Bonchev–Trinajstić information content (AvgIpc) is 2.50. The molecule has 120 valence electrons. The van der Waals surface area contributed by atoms with Crippen molar-refractivity contribution in [2.24, 2.45) is 0 Å². The molecule has 0 spiro atoms. The minimum atomic E-state index is -0.443. The lowest BCUT2D eigenvalue weighted by Crippen LogP contribution is -2.45. The van der Waals surface area contributed by atoms with E-state index in [-0.39, 0.29) is 18.4 Å². The lowest BCUT2D eigenvalue weighted by Gasteiger charge is -2.34. The van der Waals surface area contributed by atoms with Crippen LogP contribution in [0.3, 0.4) is 0 Å². The van der Waals surface area contributed by atoms with Crippen molar-refractivity contribution in [3.8, 4) is 11.5 Å². The summed E-state index contributed by atoms with van der Waals surface area (Å²) in [6.07, 6.45) is 0. The van der Waals surface area contributed by atoms with E-state index in [2.05, 4.69) is 26.1 Å². The Bertz CT molecular complexity index is 459. The van der Waals surface area contributed by atoms with Gasteiger partial charge in [-0.1, -0.05) is 0 Å². The Hall–Kier alpha value is -0.560. The van der Waals surface area contributed by atoms with Crippen molar-refractivity contribution in [3.05, 3.63) is 22.2 Å². The summed E-state index contributed by atoms with van der Waals surface area (Å²) in [5.74, 6) is 1.37. The molecule has 0 amide bonds. The number of alkyl halides is 1. The molecule has 1 aliphatic heterocycles. The number of halogens is 3. The number of hydrogen-bond donors (Lipinski definition) is 1. The lowest BCUT2D eigenvalue weighted by atomic mass is 10.0. The molecule has 4 nitrogen and oxygen atoms in total. The molecule has 2 rings (SSSR count). The fourth-order valence-electron chi connectivity index (χ4n) is 2.52. The normalized spacial score (nSPS) is 17.0. The van der Waals surface area contributed by atoms with Gasteiger partial charge in [0.05, 0.1) is 24.7 Å². The number of hydrogen-bond acceptors (Lipinski definition) is 4. The molecule has 0 aromatic heterocycles. The largest absolute Gasteiger partial charge is 0.496 e. The van der Waals surface area contributed by atoms with Crippen molar-refractivity contribution in [1.82, 2.24) is 10.2 Å². The predicted octanol–water partition coefficient (Wildman–Crippen LogP) is 2.80. The maximum absolute atomic E-state index is 13.6. The number of rotatable bonds is 5. The highest BCUT2D eigenvalue weighted by molar-refractivity contribution is 9.10. The van der Waals surface area contributed by atoms with Crippen molar-refractivity contribution in [2.75, 3.05) is 47.1 Å². The summed E-state index contributed by atoms with van der Waals surface area (Å²) in [7, 11) is 3.20. The topological polar surface area (TPSA) is 33.7 Å². The van der Waals surface area contributed by atoms with Gasteiger partial charge < -0.3 is 14.8 Å². The Morgan fingerprint density at radius 1 is 1.24 bits per heavy atom. The summed E-state index contributed by atoms with van der Waals surface area (Å²) in [4.78, 5) is 2.14. The highest BCUT2D eigenvalue weighted by Crippen LogP contribution is 2.38. The quantitative estimate of drug-likeness (QED) is 0.848. The number of benzene rings is 1. The third-order valence-corrected chi connectivity index (χ3v) is 4.22. The molecule has 7 heteroatoms. The summed E-state index contributed by atoms with van der Waals surface area (Å²) in [5, 5.41) is 3.28. The van der Waals surface area contributed by atoms with Crippen LogP contribution in [0.2, 0.25) is 0 Å². The van der Waals surface area contributed by atoms with E-state index in [1.165, 1.54) is 0 Å². The molecule has 0 aliphatic carbocycles. The Balaban J connectivity index is 0.00000220. The fraction of sp³-hybridized carbons (Fsp3) is 0.571. The van der Waals surface area contributed by atoms with Crippen molar-refractivity contribution >= 4 is 28.3 Å². The summed E-state index contributed by atoms with van der Waals surface area (Å²) in [5.41, 5.74) is 0.831. The molecule has 1 atom stereocenters. The summed E-state index contributed by atoms with van der Waals surface area (Å²) in [6, 6.07) is 3.39. The predicted molar refractivity (Wildman–Crippen MR) is 87.7 cm³/mol. The second-order valence-electron chi connectivity index (χ2n) is 4.68. The second-order valence-corrected chi connectivity index (χ2v) is 5.54. The second kappa shape index (κ2) is 8.78. The van der Waals surface area contributed by atoms with Gasteiger partial charge in [-0.2, -0.15) is 0 Å². The third-order valence-electron chi connectivity index (χ3n) is 3.60. The highest BCUT2D eigenvalue weighted by Gasteiger charge is 2.26. The van der Waals surface area contributed by atoms with Gasteiger partial charge in [0, 0.05) is 31.7 Å².